The largest absolute Gasteiger partial charge is 0.311 e. The van der Waals surface area contributed by atoms with E-state index in [0.717, 1.165) is 29.9 Å². The average molecular weight is 578 g/mol. The summed E-state index contributed by atoms with van der Waals surface area (Å²) in [5.41, 5.74) is 15.1. The van der Waals surface area contributed by atoms with E-state index >= 15 is 0 Å². The molecule has 0 aromatic heterocycles. The van der Waals surface area contributed by atoms with Crippen LogP contribution in [-0.2, 0) is 5.41 Å². The van der Waals surface area contributed by atoms with E-state index in [1.54, 1.807) is 0 Å². The summed E-state index contributed by atoms with van der Waals surface area (Å²) in [6.07, 6.45) is 6.93. The first kappa shape index (κ1) is 27.2. The van der Waals surface area contributed by atoms with Gasteiger partial charge in [-0.1, -0.05) is 139 Å². The molecule has 216 valence electrons. The first-order valence-electron chi connectivity index (χ1n) is 15.9. The van der Waals surface area contributed by atoms with Gasteiger partial charge < -0.3 is 4.90 Å². The summed E-state index contributed by atoms with van der Waals surface area (Å²) in [5.74, 6) is 0. The molecule has 1 heteroatoms. The summed E-state index contributed by atoms with van der Waals surface area (Å²) in [5, 5.41) is 0. The molecule has 45 heavy (non-hydrogen) atoms. The van der Waals surface area contributed by atoms with Gasteiger partial charge >= 0.3 is 0 Å². The van der Waals surface area contributed by atoms with Crippen LogP contribution in [0.1, 0.15) is 40.7 Å². The van der Waals surface area contributed by atoms with Gasteiger partial charge in [0.2, 0.25) is 0 Å². The Balaban J connectivity index is 1.28. The van der Waals surface area contributed by atoms with Crippen molar-refractivity contribution in [3.05, 3.63) is 203 Å². The number of benzene rings is 6. The molecular formula is C44H35N. The van der Waals surface area contributed by atoms with Gasteiger partial charge in [-0.25, -0.2) is 0 Å². The molecule has 0 spiro atoms. The number of aryl methyl sites for hydroxylation is 1. The number of nitrogens with zero attached hydrogens (tertiary/aromatic N) is 1. The molecule has 2 aliphatic carbocycles. The molecule has 0 bridgehead atoms. The van der Waals surface area contributed by atoms with Crippen molar-refractivity contribution >= 4 is 22.6 Å². The average Bonchev–Trinajstić information content (AvgIpc) is 3.41. The second-order valence-electron chi connectivity index (χ2n) is 12.1. The van der Waals surface area contributed by atoms with Crippen LogP contribution in [0.4, 0.5) is 17.1 Å². The second-order valence-corrected chi connectivity index (χ2v) is 12.1. The molecule has 0 N–H and O–H groups in total. The van der Waals surface area contributed by atoms with Crippen LogP contribution < -0.4 is 4.90 Å². The van der Waals surface area contributed by atoms with Crippen molar-refractivity contribution in [2.75, 3.05) is 4.90 Å². The minimum absolute atomic E-state index is 0.359. The first-order valence-corrected chi connectivity index (χ1v) is 15.9. The van der Waals surface area contributed by atoms with Gasteiger partial charge in [0.15, 0.2) is 0 Å². The van der Waals surface area contributed by atoms with Crippen LogP contribution in [-0.4, -0.2) is 0 Å². The number of hydrogen-bond donors (Lipinski definition) is 0. The van der Waals surface area contributed by atoms with E-state index in [1.807, 2.05) is 0 Å². The van der Waals surface area contributed by atoms with E-state index in [4.69, 9.17) is 0 Å². The molecule has 0 saturated heterocycles. The van der Waals surface area contributed by atoms with Crippen molar-refractivity contribution in [1.82, 2.24) is 0 Å². The Kier molecular flexibility index (Phi) is 6.80. The summed E-state index contributed by atoms with van der Waals surface area (Å²) in [6.45, 7) is 2.20. The predicted molar refractivity (Wildman–Crippen MR) is 189 cm³/mol. The normalized spacial score (nSPS) is 16.7. The van der Waals surface area contributed by atoms with Gasteiger partial charge in [-0.2, -0.15) is 0 Å². The molecule has 0 heterocycles. The predicted octanol–water partition coefficient (Wildman–Crippen LogP) is 11.6. The van der Waals surface area contributed by atoms with Crippen molar-refractivity contribution in [2.24, 2.45) is 0 Å². The molecule has 2 aliphatic rings. The van der Waals surface area contributed by atoms with Crippen LogP contribution in [0.5, 0.6) is 0 Å². The second kappa shape index (κ2) is 11.3. The number of rotatable bonds is 6. The molecule has 0 aliphatic heterocycles. The molecule has 0 radical (unpaired) electrons. The third-order valence-corrected chi connectivity index (χ3v) is 9.49. The van der Waals surface area contributed by atoms with E-state index in [-0.39, 0.29) is 5.41 Å². The van der Waals surface area contributed by atoms with Crippen molar-refractivity contribution in [3.8, 4) is 11.1 Å². The van der Waals surface area contributed by atoms with Gasteiger partial charge in [0.25, 0.3) is 0 Å². The lowest BCUT2D eigenvalue weighted by Gasteiger charge is -2.36. The number of hydrogen-bond acceptors (Lipinski definition) is 1. The van der Waals surface area contributed by atoms with Crippen LogP contribution >= 0.6 is 0 Å². The van der Waals surface area contributed by atoms with E-state index in [9.17, 15) is 0 Å². The third kappa shape index (κ3) is 4.55. The van der Waals surface area contributed by atoms with E-state index in [2.05, 4.69) is 182 Å². The zero-order valence-corrected chi connectivity index (χ0v) is 25.5. The Morgan fingerprint density at radius 1 is 0.533 bits per heavy atom. The Bertz CT molecular complexity index is 2030. The first-order chi connectivity index (χ1) is 22.2. The third-order valence-electron chi connectivity index (χ3n) is 9.49. The van der Waals surface area contributed by atoms with Crippen LogP contribution in [0.3, 0.4) is 0 Å². The topological polar surface area (TPSA) is 3.24 Å². The number of allylic oxidation sites excluding steroid dienone is 4. The molecule has 1 nitrogen and oxygen atoms in total. The van der Waals surface area contributed by atoms with Gasteiger partial charge in [-0.3, -0.25) is 0 Å². The summed E-state index contributed by atoms with van der Waals surface area (Å²) in [7, 11) is 0. The van der Waals surface area contributed by atoms with Crippen LogP contribution in [0, 0.1) is 6.92 Å². The van der Waals surface area contributed by atoms with E-state index in [1.165, 1.54) is 50.1 Å². The Morgan fingerprint density at radius 3 is 1.89 bits per heavy atom. The van der Waals surface area contributed by atoms with Gasteiger partial charge in [-0.05, 0) is 101 Å². The summed E-state index contributed by atoms with van der Waals surface area (Å²) >= 11 is 0. The van der Waals surface area contributed by atoms with Crippen molar-refractivity contribution in [3.63, 3.8) is 0 Å². The smallest absolute Gasteiger partial charge is 0.0710 e. The molecule has 1 unspecified atom stereocenters. The van der Waals surface area contributed by atoms with Gasteiger partial charge in [0, 0.05) is 17.1 Å². The molecule has 8 rings (SSSR count). The molecule has 6 aromatic rings. The Morgan fingerprint density at radius 2 is 1.16 bits per heavy atom. The highest BCUT2D eigenvalue weighted by Crippen LogP contribution is 2.57. The van der Waals surface area contributed by atoms with Crippen molar-refractivity contribution in [1.29, 1.82) is 0 Å². The molecule has 0 saturated carbocycles. The van der Waals surface area contributed by atoms with Crippen molar-refractivity contribution < 1.29 is 0 Å². The Labute approximate surface area is 266 Å². The van der Waals surface area contributed by atoms with Gasteiger partial charge in [0.1, 0.15) is 0 Å². The number of fused-ring (bicyclic) bond motifs is 2. The quantitative estimate of drug-likeness (QED) is 0.190. The van der Waals surface area contributed by atoms with Gasteiger partial charge in [0.05, 0.1) is 5.41 Å². The lowest BCUT2D eigenvalue weighted by molar-refractivity contribution is 0.755. The van der Waals surface area contributed by atoms with Crippen LogP contribution in [0.25, 0.3) is 16.7 Å². The fourth-order valence-electron chi connectivity index (χ4n) is 7.50. The molecule has 0 amide bonds. The minimum atomic E-state index is -0.359. The van der Waals surface area contributed by atoms with Crippen LogP contribution in [0.2, 0.25) is 0 Å². The maximum Gasteiger partial charge on any atom is 0.0710 e. The molecule has 6 aromatic carbocycles. The van der Waals surface area contributed by atoms with E-state index in [0.29, 0.717) is 0 Å². The lowest BCUT2D eigenvalue weighted by atomic mass is 9.66. The highest BCUT2D eigenvalue weighted by atomic mass is 15.1. The SMILES string of the molecule is Cc1cccc(C2(c3ccc(N(c4ccccc4)c4ccc(-c5ccccc5)cc4)cc3)C3=C(CCC=C3)c3ccccc32)c1. The maximum absolute atomic E-state index is 2.40. The summed E-state index contributed by atoms with van der Waals surface area (Å²) in [6, 6.07) is 57.7. The summed E-state index contributed by atoms with van der Waals surface area (Å²) < 4.78 is 0. The summed E-state index contributed by atoms with van der Waals surface area (Å²) in [4.78, 5) is 2.35. The maximum atomic E-state index is 2.40. The highest BCUT2D eigenvalue weighted by molar-refractivity contribution is 5.88. The lowest BCUT2D eigenvalue weighted by Crippen LogP contribution is -2.29. The van der Waals surface area contributed by atoms with Crippen molar-refractivity contribution in [2.45, 2.75) is 25.2 Å². The minimum Gasteiger partial charge on any atom is -0.311 e. The molecule has 0 fully saturated rings. The van der Waals surface area contributed by atoms with E-state index < -0.39 is 0 Å². The zero-order chi connectivity index (χ0) is 30.2. The van der Waals surface area contributed by atoms with Crippen LogP contribution in [0.15, 0.2) is 175 Å². The monoisotopic (exact) mass is 577 g/mol. The fraction of sp³-hybridized carbons (Fsp3) is 0.0909. The van der Waals surface area contributed by atoms with Gasteiger partial charge in [-0.15, -0.1) is 0 Å². The highest BCUT2D eigenvalue weighted by Gasteiger charge is 2.47. The Hall–Kier alpha value is -5.40. The standard InChI is InChI=1S/C44H35N/c1-32-13-12-16-36(31-32)44(42-21-10-8-19-40(42)41-20-9-11-22-43(41)44)35-25-29-39(30-26-35)45(37-17-6-3-7-18-37)38-27-23-34(24-28-38)33-14-4-2-5-15-33/h2-8,10-19,21-31H,9,20H2,1H3. The number of para-hydroxylation sites is 1. The fourth-order valence-corrected chi connectivity index (χ4v) is 7.50. The molecular weight excluding hydrogens is 542 g/mol. The molecule has 1 atom stereocenters. The zero-order valence-electron chi connectivity index (χ0n) is 25.5. The number of anilines is 3.